The van der Waals surface area contributed by atoms with Crippen LogP contribution in [0.3, 0.4) is 0 Å². The molecule has 8 aromatic carbocycles. The van der Waals surface area contributed by atoms with E-state index in [9.17, 15) is 27.2 Å². The summed E-state index contributed by atoms with van der Waals surface area (Å²) in [5.74, 6) is -14.9. The standard InChI is InChI=1S/C53H32F4N2O2/c54-52(55)49(60)59(50(61)53(52,56)57)39-30-31-41-40-16-7-9-18-43(40)51(46(41)32-39)44-19-10-8-17-42(44)48-45(51)20-11-21-47(48)58(37-26-22-35(23-27-37)33-12-3-1-4-13-33)38-28-24-36(25-29-38)34-14-5-2-6-15-34/h1-32H. The molecule has 8 aromatic rings. The second-order valence-corrected chi connectivity index (χ2v) is 15.5. The molecule has 2 aliphatic carbocycles. The summed E-state index contributed by atoms with van der Waals surface area (Å²) in [6.45, 7) is 0. The van der Waals surface area contributed by atoms with E-state index < -0.39 is 29.1 Å². The Morgan fingerprint density at radius 1 is 0.393 bits per heavy atom. The molecule has 294 valence electrons. The monoisotopic (exact) mass is 804 g/mol. The Morgan fingerprint density at radius 2 is 0.836 bits per heavy atom. The van der Waals surface area contributed by atoms with Crippen LogP contribution in [-0.2, 0) is 15.0 Å². The van der Waals surface area contributed by atoms with Crippen LogP contribution in [0.25, 0.3) is 44.5 Å². The van der Waals surface area contributed by atoms with E-state index >= 15 is 0 Å². The fourth-order valence-corrected chi connectivity index (χ4v) is 9.65. The highest BCUT2D eigenvalue weighted by molar-refractivity contribution is 6.27. The number of rotatable bonds is 6. The first-order valence-electron chi connectivity index (χ1n) is 19.9. The molecule has 0 aromatic heterocycles. The lowest BCUT2D eigenvalue weighted by atomic mass is 9.70. The van der Waals surface area contributed by atoms with E-state index in [0.717, 1.165) is 78.3 Å². The molecular formula is C53H32F4N2O2. The van der Waals surface area contributed by atoms with E-state index in [1.54, 1.807) is 6.07 Å². The van der Waals surface area contributed by atoms with Gasteiger partial charge in [-0.2, -0.15) is 17.6 Å². The van der Waals surface area contributed by atoms with Gasteiger partial charge in [-0.15, -0.1) is 0 Å². The maximum absolute atomic E-state index is 14.7. The number of benzene rings is 8. The highest BCUT2D eigenvalue weighted by Gasteiger charge is 2.76. The van der Waals surface area contributed by atoms with Gasteiger partial charge in [-0.25, -0.2) is 4.90 Å². The second-order valence-electron chi connectivity index (χ2n) is 15.5. The minimum atomic E-state index is -5.19. The van der Waals surface area contributed by atoms with E-state index in [1.165, 1.54) is 12.1 Å². The van der Waals surface area contributed by atoms with Crippen LogP contribution in [0.5, 0.6) is 0 Å². The van der Waals surface area contributed by atoms with Crippen LogP contribution in [0.4, 0.5) is 40.3 Å². The van der Waals surface area contributed by atoms with Gasteiger partial charge in [-0.1, -0.05) is 152 Å². The fourth-order valence-electron chi connectivity index (χ4n) is 9.65. The molecule has 1 unspecified atom stereocenters. The fraction of sp³-hybridized carbons (Fsp3) is 0.0566. The van der Waals surface area contributed by atoms with Crippen molar-refractivity contribution in [2.45, 2.75) is 17.3 Å². The number of alkyl halides is 4. The zero-order chi connectivity index (χ0) is 41.7. The number of imide groups is 1. The summed E-state index contributed by atoms with van der Waals surface area (Å²) >= 11 is 0. The topological polar surface area (TPSA) is 40.6 Å². The Morgan fingerprint density at radius 3 is 1.39 bits per heavy atom. The predicted molar refractivity (Wildman–Crippen MR) is 231 cm³/mol. The molecule has 0 saturated carbocycles. The largest absolute Gasteiger partial charge is 0.396 e. The van der Waals surface area contributed by atoms with Crippen LogP contribution in [-0.4, -0.2) is 23.7 Å². The SMILES string of the molecule is O=C1N(c2ccc3c(c2)C2(c4ccccc4-3)c3ccccc3-c3c(N(c4ccc(-c5ccccc5)cc4)c4ccc(-c5ccccc5)cc4)cccc32)C(=O)C(F)(F)C1(F)F. The highest BCUT2D eigenvalue weighted by Crippen LogP contribution is 2.65. The highest BCUT2D eigenvalue weighted by atomic mass is 19.3. The number of fused-ring (bicyclic) bond motifs is 10. The Kier molecular flexibility index (Phi) is 7.91. The molecule has 0 N–H and O–H groups in total. The predicted octanol–water partition coefficient (Wildman–Crippen LogP) is 13.0. The number of anilines is 4. The first-order valence-corrected chi connectivity index (χ1v) is 19.9. The first kappa shape index (κ1) is 36.5. The van der Waals surface area contributed by atoms with Gasteiger partial charge in [0, 0.05) is 16.9 Å². The average molecular weight is 805 g/mol. The van der Waals surface area contributed by atoms with Gasteiger partial charge in [0.05, 0.1) is 16.8 Å². The Labute approximate surface area is 348 Å². The van der Waals surface area contributed by atoms with Crippen molar-refractivity contribution in [2.75, 3.05) is 9.80 Å². The molecule has 2 amide bonds. The molecule has 1 heterocycles. The summed E-state index contributed by atoms with van der Waals surface area (Å²) in [4.78, 5) is 28.1. The number of nitrogens with zero attached hydrogens (tertiary/aromatic N) is 2. The lowest BCUT2D eigenvalue weighted by Gasteiger charge is -2.32. The van der Waals surface area contributed by atoms with Crippen molar-refractivity contribution in [3.8, 4) is 44.5 Å². The van der Waals surface area contributed by atoms with Crippen molar-refractivity contribution in [2.24, 2.45) is 0 Å². The van der Waals surface area contributed by atoms with Crippen LogP contribution < -0.4 is 9.80 Å². The van der Waals surface area contributed by atoms with Crippen molar-refractivity contribution in [1.29, 1.82) is 0 Å². The third-order valence-electron chi connectivity index (χ3n) is 12.4. The number of carbonyl (C=O) groups excluding carboxylic acids is 2. The molecule has 0 bridgehead atoms. The summed E-state index contributed by atoms with van der Waals surface area (Å²) in [6.07, 6.45) is 0. The van der Waals surface area contributed by atoms with Gasteiger partial charge in [-0.3, -0.25) is 9.59 Å². The molecule has 4 nitrogen and oxygen atoms in total. The molecule has 1 fully saturated rings. The van der Waals surface area contributed by atoms with Crippen LogP contribution in [0.15, 0.2) is 194 Å². The van der Waals surface area contributed by atoms with E-state index in [4.69, 9.17) is 0 Å². The van der Waals surface area contributed by atoms with Gasteiger partial charge in [0.15, 0.2) is 0 Å². The van der Waals surface area contributed by atoms with Gasteiger partial charge >= 0.3 is 23.7 Å². The number of hydrogen-bond acceptors (Lipinski definition) is 3. The smallest absolute Gasteiger partial charge is 0.310 e. The van der Waals surface area contributed by atoms with Crippen LogP contribution >= 0.6 is 0 Å². The third kappa shape index (κ3) is 5.05. The lowest BCUT2D eigenvalue weighted by molar-refractivity contribution is -0.192. The maximum Gasteiger partial charge on any atom is 0.396 e. The van der Waals surface area contributed by atoms with Gasteiger partial charge in [0.25, 0.3) is 0 Å². The minimum Gasteiger partial charge on any atom is -0.310 e. The molecule has 1 spiro atoms. The zero-order valence-corrected chi connectivity index (χ0v) is 32.2. The van der Waals surface area contributed by atoms with E-state index in [2.05, 4.69) is 89.8 Å². The molecule has 8 heteroatoms. The quantitative estimate of drug-likeness (QED) is 0.124. The molecular weight excluding hydrogens is 773 g/mol. The number of carbonyl (C=O) groups is 2. The molecule has 1 saturated heterocycles. The van der Waals surface area contributed by atoms with Crippen LogP contribution in [0, 0.1) is 0 Å². The van der Waals surface area contributed by atoms with Crippen molar-refractivity contribution < 1.29 is 27.2 Å². The maximum atomic E-state index is 14.7. The Balaban J connectivity index is 1.15. The number of hydrogen-bond donors (Lipinski definition) is 0. The van der Waals surface area contributed by atoms with Crippen LogP contribution in [0.2, 0.25) is 0 Å². The van der Waals surface area contributed by atoms with E-state index in [0.29, 0.717) is 5.56 Å². The molecule has 3 aliphatic rings. The van der Waals surface area contributed by atoms with Crippen LogP contribution in [0.1, 0.15) is 22.3 Å². The summed E-state index contributed by atoms with van der Waals surface area (Å²) in [5.41, 5.74) is 12.2. The van der Waals surface area contributed by atoms with E-state index in [1.807, 2.05) is 91.0 Å². The van der Waals surface area contributed by atoms with E-state index in [-0.39, 0.29) is 10.6 Å². The summed E-state index contributed by atoms with van der Waals surface area (Å²) in [6, 6.07) is 63.5. The zero-order valence-electron chi connectivity index (χ0n) is 32.2. The Bertz CT molecular complexity index is 2970. The Hall–Kier alpha value is -7.58. The van der Waals surface area contributed by atoms with Gasteiger partial charge in [0.1, 0.15) is 0 Å². The minimum absolute atomic E-state index is 0.0604. The molecule has 1 atom stereocenters. The normalized spacial score (nSPS) is 17.5. The summed E-state index contributed by atoms with van der Waals surface area (Å²) in [5, 5.41) is 0. The average Bonchev–Trinajstić information content (AvgIpc) is 3.81. The summed E-state index contributed by atoms with van der Waals surface area (Å²) in [7, 11) is 0. The lowest BCUT2D eigenvalue weighted by Crippen LogP contribution is -2.43. The first-order chi connectivity index (χ1) is 29.6. The third-order valence-corrected chi connectivity index (χ3v) is 12.4. The molecule has 11 rings (SSSR count). The second kappa shape index (κ2) is 13.2. The van der Waals surface area contributed by atoms with Gasteiger partial charge in [0.2, 0.25) is 0 Å². The van der Waals surface area contributed by atoms with Gasteiger partial charge in [-0.05, 0) is 104 Å². The summed E-state index contributed by atoms with van der Waals surface area (Å²) < 4.78 is 58.9. The van der Waals surface area contributed by atoms with Crippen molar-refractivity contribution in [3.63, 3.8) is 0 Å². The molecule has 0 radical (unpaired) electrons. The van der Waals surface area contributed by atoms with Crippen molar-refractivity contribution in [3.05, 3.63) is 216 Å². The molecule has 61 heavy (non-hydrogen) atoms. The van der Waals surface area contributed by atoms with Crippen molar-refractivity contribution in [1.82, 2.24) is 0 Å². The number of amides is 2. The van der Waals surface area contributed by atoms with Crippen molar-refractivity contribution >= 4 is 34.6 Å². The number of halogens is 4. The van der Waals surface area contributed by atoms with Gasteiger partial charge < -0.3 is 4.90 Å². The molecule has 1 aliphatic heterocycles.